The lowest BCUT2D eigenvalue weighted by atomic mass is 9.75. The number of methoxy groups -OCH3 is 3. The zero-order chi connectivity index (χ0) is 22.1. The van der Waals surface area contributed by atoms with Gasteiger partial charge >= 0.3 is 0 Å². The normalized spacial score (nSPS) is 14.6. The second kappa shape index (κ2) is 8.22. The Morgan fingerprint density at radius 2 is 1.67 bits per heavy atom. The fourth-order valence-corrected chi connectivity index (χ4v) is 3.71. The first-order valence-corrected chi connectivity index (χ1v) is 9.55. The summed E-state index contributed by atoms with van der Waals surface area (Å²) in [6.07, 6.45) is 0.943. The van der Waals surface area contributed by atoms with Gasteiger partial charge in [-0.05, 0) is 17.9 Å². The number of aromatic nitrogens is 1. The largest absolute Gasteiger partial charge is 0.496 e. The first-order chi connectivity index (χ1) is 14.2. The highest BCUT2D eigenvalue weighted by Gasteiger charge is 2.32. The molecule has 1 heterocycles. The van der Waals surface area contributed by atoms with Gasteiger partial charge in [-0.3, -0.25) is 14.4 Å². The van der Waals surface area contributed by atoms with E-state index in [-0.39, 0.29) is 23.3 Å². The number of carbonyl (C=O) groups is 2. The lowest BCUT2D eigenvalue weighted by molar-refractivity contribution is 0.0910. The molecule has 2 aromatic rings. The van der Waals surface area contributed by atoms with Crippen molar-refractivity contribution >= 4 is 11.7 Å². The zero-order valence-corrected chi connectivity index (χ0v) is 17.8. The molecule has 160 valence electrons. The molecule has 0 unspecified atom stereocenters. The van der Waals surface area contributed by atoms with Crippen LogP contribution in [0, 0.1) is 5.41 Å². The quantitative estimate of drug-likeness (QED) is 0.752. The Morgan fingerprint density at radius 1 is 1.03 bits per heavy atom. The average Bonchev–Trinajstić information content (AvgIpc) is 2.69. The SMILES string of the molecule is COc1cc(OC)c(CNC(=O)c2cc3c([nH]c2=O)CC(C)(C)CC3=O)c(OC)c1. The number of fused-ring (bicyclic) bond motifs is 1. The Balaban J connectivity index is 1.87. The molecule has 0 atom stereocenters. The van der Waals surface area contributed by atoms with E-state index in [2.05, 4.69) is 10.3 Å². The van der Waals surface area contributed by atoms with Crippen molar-refractivity contribution in [2.24, 2.45) is 5.41 Å². The summed E-state index contributed by atoms with van der Waals surface area (Å²) in [5, 5.41) is 2.71. The van der Waals surface area contributed by atoms with Crippen molar-refractivity contribution in [3.05, 3.63) is 50.9 Å². The van der Waals surface area contributed by atoms with Crippen LogP contribution in [0.25, 0.3) is 0 Å². The highest BCUT2D eigenvalue weighted by molar-refractivity contribution is 6.02. The van der Waals surface area contributed by atoms with Crippen LogP contribution < -0.4 is 25.1 Å². The molecule has 8 heteroatoms. The molecule has 0 saturated carbocycles. The van der Waals surface area contributed by atoms with E-state index in [0.717, 1.165) is 0 Å². The van der Waals surface area contributed by atoms with E-state index in [1.807, 2.05) is 13.8 Å². The summed E-state index contributed by atoms with van der Waals surface area (Å²) in [6, 6.07) is 4.75. The van der Waals surface area contributed by atoms with E-state index >= 15 is 0 Å². The molecule has 0 saturated heterocycles. The predicted octanol–water partition coefficient (Wildman–Crippen LogP) is 2.49. The maximum atomic E-state index is 12.7. The Kier molecular flexibility index (Phi) is 5.87. The number of hydrogen-bond donors (Lipinski definition) is 2. The Bertz CT molecular complexity index is 1030. The van der Waals surface area contributed by atoms with Gasteiger partial charge in [0.05, 0.1) is 33.4 Å². The van der Waals surface area contributed by atoms with Crippen molar-refractivity contribution in [3.63, 3.8) is 0 Å². The monoisotopic (exact) mass is 414 g/mol. The summed E-state index contributed by atoms with van der Waals surface area (Å²) < 4.78 is 16.0. The van der Waals surface area contributed by atoms with Crippen LogP contribution >= 0.6 is 0 Å². The maximum Gasteiger partial charge on any atom is 0.261 e. The van der Waals surface area contributed by atoms with Crippen molar-refractivity contribution in [1.82, 2.24) is 10.3 Å². The molecule has 1 aromatic carbocycles. The minimum Gasteiger partial charge on any atom is -0.496 e. The van der Waals surface area contributed by atoms with Gasteiger partial charge in [0.2, 0.25) is 0 Å². The Hall–Kier alpha value is -3.29. The number of benzene rings is 1. The van der Waals surface area contributed by atoms with Gasteiger partial charge in [-0.25, -0.2) is 0 Å². The molecule has 0 bridgehead atoms. The van der Waals surface area contributed by atoms with E-state index < -0.39 is 11.5 Å². The van der Waals surface area contributed by atoms with Crippen molar-refractivity contribution < 1.29 is 23.8 Å². The lowest BCUT2D eigenvalue weighted by Crippen LogP contribution is -2.34. The molecular formula is C22H26N2O6. The minimum absolute atomic E-state index is 0.0622. The smallest absolute Gasteiger partial charge is 0.261 e. The highest BCUT2D eigenvalue weighted by Crippen LogP contribution is 2.35. The van der Waals surface area contributed by atoms with Gasteiger partial charge in [-0.2, -0.15) is 0 Å². The summed E-state index contributed by atoms with van der Waals surface area (Å²) in [4.78, 5) is 40.4. The first-order valence-electron chi connectivity index (χ1n) is 9.55. The van der Waals surface area contributed by atoms with E-state index in [1.54, 1.807) is 12.1 Å². The molecule has 1 aromatic heterocycles. The minimum atomic E-state index is -0.586. The molecule has 1 aliphatic rings. The van der Waals surface area contributed by atoms with Crippen LogP contribution in [0.5, 0.6) is 17.2 Å². The molecule has 0 aliphatic heterocycles. The van der Waals surface area contributed by atoms with E-state index in [4.69, 9.17) is 14.2 Å². The summed E-state index contributed by atoms with van der Waals surface area (Å²) in [6.45, 7) is 4.01. The van der Waals surface area contributed by atoms with Crippen molar-refractivity contribution in [2.75, 3.05) is 21.3 Å². The molecule has 8 nitrogen and oxygen atoms in total. The number of nitrogens with one attached hydrogen (secondary N) is 2. The van der Waals surface area contributed by atoms with E-state index in [1.165, 1.54) is 27.4 Å². The van der Waals surface area contributed by atoms with E-state index in [0.29, 0.717) is 46.9 Å². The molecule has 0 radical (unpaired) electrons. The van der Waals surface area contributed by atoms with Crippen LogP contribution in [0.15, 0.2) is 23.0 Å². The summed E-state index contributed by atoms with van der Waals surface area (Å²) in [5.74, 6) is 0.833. The predicted molar refractivity (Wildman–Crippen MR) is 111 cm³/mol. The second-order valence-corrected chi connectivity index (χ2v) is 8.04. The lowest BCUT2D eigenvalue weighted by Gasteiger charge is -2.29. The third-order valence-corrected chi connectivity index (χ3v) is 5.21. The average molecular weight is 414 g/mol. The fourth-order valence-electron chi connectivity index (χ4n) is 3.71. The third-order valence-electron chi connectivity index (χ3n) is 5.21. The Labute approximate surface area is 174 Å². The van der Waals surface area contributed by atoms with Gasteiger partial charge in [-0.1, -0.05) is 13.8 Å². The zero-order valence-electron chi connectivity index (χ0n) is 17.8. The second-order valence-electron chi connectivity index (χ2n) is 8.04. The molecule has 30 heavy (non-hydrogen) atoms. The number of rotatable bonds is 6. The molecule has 0 spiro atoms. The van der Waals surface area contributed by atoms with Crippen LogP contribution in [0.2, 0.25) is 0 Å². The molecule has 2 N–H and O–H groups in total. The number of H-pyrrole nitrogens is 1. The number of hydrogen-bond acceptors (Lipinski definition) is 6. The number of ether oxygens (including phenoxy) is 3. The fraction of sp³-hybridized carbons (Fsp3) is 0.409. The van der Waals surface area contributed by atoms with Crippen LogP contribution in [-0.2, 0) is 13.0 Å². The number of carbonyl (C=O) groups excluding carboxylic acids is 2. The number of pyridine rings is 1. The summed E-state index contributed by atoms with van der Waals surface area (Å²) >= 11 is 0. The van der Waals surface area contributed by atoms with Gasteiger partial charge in [0.1, 0.15) is 22.8 Å². The molecular weight excluding hydrogens is 388 g/mol. The van der Waals surface area contributed by atoms with Gasteiger partial charge in [0.25, 0.3) is 11.5 Å². The molecule has 3 rings (SSSR count). The topological polar surface area (TPSA) is 107 Å². The van der Waals surface area contributed by atoms with Crippen LogP contribution in [0.1, 0.15) is 52.2 Å². The van der Waals surface area contributed by atoms with E-state index in [9.17, 15) is 14.4 Å². The molecule has 1 amide bonds. The Morgan fingerprint density at radius 3 is 2.23 bits per heavy atom. The molecule has 1 aliphatic carbocycles. The van der Waals surface area contributed by atoms with Gasteiger partial charge in [0, 0.05) is 29.8 Å². The van der Waals surface area contributed by atoms with Gasteiger partial charge in [-0.15, -0.1) is 0 Å². The van der Waals surface area contributed by atoms with Crippen molar-refractivity contribution in [1.29, 1.82) is 0 Å². The number of amides is 1. The number of Topliss-reactive ketones (excluding diaryl/α,β-unsaturated/α-hetero) is 1. The number of aromatic amines is 1. The summed E-state index contributed by atoms with van der Waals surface area (Å²) in [5.41, 5.74) is 0.730. The van der Waals surface area contributed by atoms with Crippen molar-refractivity contribution in [2.45, 2.75) is 33.2 Å². The third kappa shape index (κ3) is 4.17. The van der Waals surface area contributed by atoms with Crippen molar-refractivity contribution in [3.8, 4) is 17.2 Å². The van der Waals surface area contributed by atoms with Gasteiger partial charge < -0.3 is 24.5 Å². The first kappa shape index (κ1) is 21.4. The number of ketones is 1. The van der Waals surface area contributed by atoms with Crippen LogP contribution in [0.4, 0.5) is 0 Å². The maximum absolute atomic E-state index is 12.7. The summed E-state index contributed by atoms with van der Waals surface area (Å²) in [7, 11) is 4.53. The van der Waals surface area contributed by atoms with Gasteiger partial charge in [0.15, 0.2) is 5.78 Å². The highest BCUT2D eigenvalue weighted by atomic mass is 16.5. The molecule has 0 fully saturated rings. The van der Waals surface area contributed by atoms with Crippen LogP contribution in [-0.4, -0.2) is 38.0 Å². The standard InChI is InChI=1S/C22H26N2O6/c1-22(2)9-16-13(17(25)10-22)8-14(21(27)24-16)20(26)23-11-15-18(29-4)6-12(28-3)7-19(15)30-5/h6-8H,9-11H2,1-5H3,(H,23,26)(H,24,27). The van der Waals surface area contributed by atoms with Crippen LogP contribution in [0.3, 0.4) is 0 Å².